The second-order valence-corrected chi connectivity index (χ2v) is 5.75. The van der Waals surface area contributed by atoms with E-state index in [1.807, 2.05) is 0 Å². The summed E-state index contributed by atoms with van der Waals surface area (Å²) in [5.74, 6) is 0.0478. The summed E-state index contributed by atoms with van der Waals surface area (Å²) in [6.07, 6.45) is 3.13. The Bertz CT molecular complexity index is 1180. The topological polar surface area (TPSA) is 108 Å². The lowest BCUT2D eigenvalue weighted by molar-refractivity contribution is -0.384. The van der Waals surface area contributed by atoms with Gasteiger partial charge in [-0.3, -0.25) is 19.9 Å². The Balaban J connectivity index is 1.94. The fraction of sp³-hybridized carbons (Fsp3) is 0.0526. The molecule has 0 fully saturated rings. The van der Waals surface area contributed by atoms with E-state index in [4.69, 9.17) is 9.15 Å². The van der Waals surface area contributed by atoms with E-state index >= 15 is 0 Å². The third kappa shape index (κ3) is 2.82. The molecule has 2 aromatic carbocycles. The number of furan rings is 1. The molecule has 0 aliphatic rings. The van der Waals surface area contributed by atoms with E-state index in [0.717, 1.165) is 0 Å². The number of hydrogen-bond donors (Lipinski definition) is 1. The fourth-order valence-corrected chi connectivity index (χ4v) is 2.94. The van der Waals surface area contributed by atoms with Crippen molar-refractivity contribution in [2.75, 3.05) is 12.4 Å². The first-order valence-electron chi connectivity index (χ1n) is 7.97. The maximum atomic E-state index is 12.8. The first-order chi connectivity index (χ1) is 13.1. The number of anilines is 1. The van der Waals surface area contributed by atoms with Crippen LogP contribution < -0.4 is 10.1 Å². The van der Waals surface area contributed by atoms with Gasteiger partial charge >= 0.3 is 0 Å². The Hall–Kier alpha value is -3.94. The maximum absolute atomic E-state index is 12.8. The van der Waals surface area contributed by atoms with Gasteiger partial charge in [0.15, 0.2) is 11.3 Å². The highest BCUT2D eigenvalue weighted by Crippen LogP contribution is 2.38. The van der Waals surface area contributed by atoms with Crippen LogP contribution in [0.3, 0.4) is 0 Å². The number of carbonyl (C=O) groups excluding carboxylic acids is 1. The normalized spacial score (nSPS) is 10.9. The van der Waals surface area contributed by atoms with Gasteiger partial charge in [0.05, 0.1) is 29.5 Å². The number of hydrogen-bond acceptors (Lipinski definition) is 6. The lowest BCUT2D eigenvalue weighted by Gasteiger charge is -2.07. The molecule has 0 aliphatic heterocycles. The second kappa shape index (κ2) is 6.41. The van der Waals surface area contributed by atoms with Gasteiger partial charge in [-0.05, 0) is 30.3 Å². The molecule has 0 saturated carbocycles. The van der Waals surface area contributed by atoms with Crippen LogP contribution in [-0.4, -0.2) is 22.9 Å². The molecule has 8 heteroatoms. The third-order valence-electron chi connectivity index (χ3n) is 4.16. The Morgan fingerprint density at radius 2 is 2.11 bits per heavy atom. The van der Waals surface area contributed by atoms with E-state index in [9.17, 15) is 14.9 Å². The number of pyridine rings is 1. The van der Waals surface area contributed by atoms with Crippen molar-refractivity contribution in [3.8, 4) is 5.75 Å². The monoisotopic (exact) mass is 363 g/mol. The molecule has 2 heterocycles. The number of carbonyl (C=O) groups is 1. The van der Waals surface area contributed by atoms with Crippen LogP contribution in [0.1, 0.15) is 10.4 Å². The first-order valence-corrected chi connectivity index (χ1v) is 7.97. The summed E-state index contributed by atoms with van der Waals surface area (Å²) in [4.78, 5) is 27.5. The van der Waals surface area contributed by atoms with Crippen LogP contribution in [0.4, 0.5) is 11.4 Å². The largest absolute Gasteiger partial charge is 0.493 e. The number of aromatic nitrogens is 1. The molecule has 0 bridgehead atoms. The minimum absolute atomic E-state index is 0.0911. The molecule has 134 valence electrons. The van der Waals surface area contributed by atoms with Crippen LogP contribution in [-0.2, 0) is 0 Å². The summed E-state index contributed by atoms with van der Waals surface area (Å²) in [6.45, 7) is 0. The summed E-state index contributed by atoms with van der Waals surface area (Å²) in [6, 6.07) is 10.9. The van der Waals surface area contributed by atoms with Crippen LogP contribution in [0.2, 0.25) is 0 Å². The molecular formula is C19H13N3O5. The van der Waals surface area contributed by atoms with Gasteiger partial charge in [-0.15, -0.1) is 0 Å². The molecule has 2 aromatic heterocycles. The van der Waals surface area contributed by atoms with Crippen LogP contribution >= 0.6 is 0 Å². The number of nitrogens with one attached hydrogen (secondary N) is 1. The zero-order valence-corrected chi connectivity index (χ0v) is 14.1. The lowest BCUT2D eigenvalue weighted by Crippen LogP contribution is -2.12. The molecule has 4 rings (SSSR count). The first kappa shape index (κ1) is 16.5. The Morgan fingerprint density at radius 1 is 1.26 bits per heavy atom. The van der Waals surface area contributed by atoms with Crippen LogP contribution in [0.25, 0.3) is 21.9 Å². The van der Waals surface area contributed by atoms with Crippen molar-refractivity contribution in [2.24, 2.45) is 0 Å². The van der Waals surface area contributed by atoms with Crippen molar-refractivity contribution < 1.29 is 18.9 Å². The minimum Gasteiger partial charge on any atom is -0.493 e. The number of fused-ring (bicyclic) bond motifs is 3. The molecule has 0 spiro atoms. The number of benzene rings is 2. The van der Waals surface area contributed by atoms with Crippen LogP contribution in [0.5, 0.6) is 5.75 Å². The molecule has 0 saturated heterocycles. The predicted molar refractivity (Wildman–Crippen MR) is 99.1 cm³/mol. The highest BCUT2D eigenvalue weighted by Gasteiger charge is 2.21. The maximum Gasteiger partial charge on any atom is 0.270 e. The van der Waals surface area contributed by atoms with Crippen molar-refractivity contribution in [3.63, 3.8) is 0 Å². The summed E-state index contributed by atoms with van der Waals surface area (Å²) < 4.78 is 11.1. The van der Waals surface area contributed by atoms with Gasteiger partial charge in [-0.1, -0.05) is 0 Å². The Morgan fingerprint density at radius 3 is 2.81 bits per heavy atom. The summed E-state index contributed by atoms with van der Waals surface area (Å²) in [5.41, 5.74) is 1.54. The number of ether oxygens (including phenoxy) is 1. The smallest absolute Gasteiger partial charge is 0.270 e. The summed E-state index contributed by atoms with van der Waals surface area (Å²) in [5, 5.41) is 14.8. The molecule has 0 atom stereocenters. The SMILES string of the molecule is COc1ccc(C(=O)Nc2cccnc2)c2c1oc1ccc([N+](=O)[O-])cc12. The highest BCUT2D eigenvalue weighted by atomic mass is 16.6. The van der Waals surface area contributed by atoms with Gasteiger partial charge in [0.25, 0.3) is 11.6 Å². The molecule has 8 nitrogen and oxygen atoms in total. The molecule has 1 N–H and O–H groups in total. The number of non-ortho nitro benzene ring substituents is 1. The summed E-state index contributed by atoms with van der Waals surface area (Å²) >= 11 is 0. The molecule has 0 radical (unpaired) electrons. The molecular weight excluding hydrogens is 350 g/mol. The third-order valence-corrected chi connectivity index (χ3v) is 4.16. The molecule has 0 aliphatic carbocycles. The van der Waals surface area contributed by atoms with Gasteiger partial charge in [0.2, 0.25) is 0 Å². The Kier molecular flexibility index (Phi) is 3.92. The highest BCUT2D eigenvalue weighted by molar-refractivity contribution is 6.20. The van der Waals surface area contributed by atoms with E-state index in [1.165, 1.54) is 31.5 Å². The van der Waals surface area contributed by atoms with Crippen molar-refractivity contribution in [1.29, 1.82) is 0 Å². The van der Waals surface area contributed by atoms with Gasteiger partial charge in [-0.2, -0.15) is 0 Å². The van der Waals surface area contributed by atoms with E-state index in [-0.39, 0.29) is 11.6 Å². The molecule has 27 heavy (non-hydrogen) atoms. The van der Waals surface area contributed by atoms with E-state index < -0.39 is 4.92 Å². The number of methoxy groups -OCH3 is 1. The van der Waals surface area contributed by atoms with Gasteiger partial charge in [0, 0.05) is 29.1 Å². The van der Waals surface area contributed by atoms with E-state index in [2.05, 4.69) is 10.3 Å². The minimum atomic E-state index is -0.492. The van der Waals surface area contributed by atoms with Gasteiger partial charge in [-0.25, -0.2) is 0 Å². The van der Waals surface area contributed by atoms with Crippen molar-refractivity contribution >= 4 is 39.2 Å². The van der Waals surface area contributed by atoms with Gasteiger partial charge < -0.3 is 14.5 Å². The van der Waals surface area contributed by atoms with E-state index in [1.54, 1.807) is 30.5 Å². The van der Waals surface area contributed by atoms with Crippen LogP contribution in [0.15, 0.2) is 59.3 Å². The molecule has 1 amide bonds. The van der Waals surface area contributed by atoms with Crippen molar-refractivity contribution in [3.05, 3.63) is 70.5 Å². The number of nitro benzene ring substituents is 1. The standard InChI is InChI=1S/C19H13N3O5/c1-26-16-7-5-13(19(23)21-11-3-2-8-20-10-11)17-14-9-12(22(24)25)4-6-15(14)27-18(16)17/h2-10H,1H3,(H,21,23). The fourth-order valence-electron chi connectivity index (χ4n) is 2.94. The average Bonchev–Trinajstić information content (AvgIpc) is 3.06. The van der Waals surface area contributed by atoms with Crippen molar-refractivity contribution in [2.45, 2.75) is 0 Å². The van der Waals surface area contributed by atoms with Crippen LogP contribution in [0, 0.1) is 10.1 Å². The zero-order chi connectivity index (χ0) is 19.0. The Labute approximate surface area is 152 Å². The lowest BCUT2D eigenvalue weighted by atomic mass is 10.0. The summed E-state index contributed by atoms with van der Waals surface area (Å²) in [7, 11) is 1.49. The average molecular weight is 363 g/mol. The van der Waals surface area contributed by atoms with Crippen molar-refractivity contribution in [1.82, 2.24) is 4.98 Å². The molecule has 0 unspecified atom stereocenters. The predicted octanol–water partition coefficient (Wildman–Crippen LogP) is 4.15. The molecule has 4 aromatic rings. The second-order valence-electron chi connectivity index (χ2n) is 5.75. The number of amides is 1. The van der Waals surface area contributed by atoms with E-state index in [0.29, 0.717) is 38.9 Å². The zero-order valence-electron chi connectivity index (χ0n) is 14.1. The van der Waals surface area contributed by atoms with Gasteiger partial charge in [0.1, 0.15) is 5.58 Å². The number of rotatable bonds is 4. The number of nitrogens with zero attached hydrogens (tertiary/aromatic N) is 2. The number of nitro groups is 1. The quantitative estimate of drug-likeness (QED) is 0.431.